The van der Waals surface area contributed by atoms with E-state index in [9.17, 15) is 5.26 Å². The third-order valence-corrected chi connectivity index (χ3v) is 10.2. The molecule has 0 saturated heterocycles. The molecule has 5 nitrogen and oxygen atoms in total. The van der Waals surface area contributed by atoms with Gasteiger partial charge in [0.2, 0.25) is 0 Å². The van der Waals surface area contributed by atoms with Crippen LogP contribution in [0.3, 0.4) is 0 Å². The standard InChI is InChI=1S/C47H28N4O/c48-29-30-12-10-15-32(26-30)33-16-11-17-34(27-33)45-49-44(31-13-2-1-3-14-31)50-46(51-45)35-24-25-43-41(28-35)47(40-22-8-9-23-42(40)52-43)38-20-6-4-18-36(38)37-19-5-7-21-39(37)47/h1-28H. The highest BCUT2D eigenvalue weighted by atomic mass is 16.5. The van der Waals surface area contributed by atoms with Crippen LogP contribution < -0.4 is 4.74 Å². The summed E-state index contributed by atoms with van der Waals surface area (Å²) < 4.78 is 6.67. The van der Waals surface area contributed by atoms with E-state index < -0.39 is 5.41 Å². The molecule has 1 aliphatic carbocycles. The minimum Gasteiger partial charge on any atom is -0.457 e. The van der Waals surface area contributed by atoms with Crippen molar-refractivity contribution >= 4 is 0 Å². The molecule has 2 aliphatic rings. The van der Waals surface area contributed by atoms with Crippen LogP contribution >= 0.6 is 0 Å². The molecule has 52 heavy (non-hydrogen) atoms. The number of para-hydroxylation sites is 1. The Hall–Kier alpha value is -7.16. The summed E-state index contributed by atoms with van der Waals surface area (Å²) in [6.45, 7) is 0. The first-order valence-corrected chi connectivity index (χ1v) is 17.2. The van der Waals surface area contributed by atoms with Gasteiger partial charge in [0.15, 0.2) is 17.5 Å². The first-order chi connectivity index (χ1) is 25.7. The zero-order chi connectivity index (χ0) is 34.6. The van der Waals surface area contributed by atoms with Crippen molar-refractivity contribution in [3.63, 3.8) is 0 Å². The second-order valence-corrected chi connectivity index (χ2v) is 13.1. The van der Waals surface area contributed by atoms with E-state index in [1.807, 2.05) is 84.9 Å². The van der Waals surface area contributed by atoms with Gasteiger partial charge in [-0.3, -0.25) is 0 Å². The largest absolute Gasteiger partial charge is 0.457 e. The number of aromatic nitrogens is 3. The highest BCUT2D eigenvalue weighted by Gasteiger charge is 2.51. The van der Waals surface area contributed by atoms with Gasteiger partial charge in [-0.05, 0) is 75.8 Å². The van der Waals surface area contributed by atoms with Crippen LogP contribution in [0.15, 0.2) is 170 Å². The number of hydrogen-bond donors (Lipinski definition) is 0. The van der Waals surface area contributed by atoms with Crippen LogP contribution in [-0.4, -0.2) is 15.0 Å². The molecule has 242 valence electrons. The number of nitrogens with zero attached hydrogens (tertiary/aromatic N) is 4. The van der Waals surface area contributed by atoms with Crippen molar-refractivity contribution in [2.75, 3.05) is 0 Å². The average molecular weight is 665 g/mol. The molecule has 1 aliphatic heterocycles. The SMILES string of the molecule is N#Cc1cccc(-c2cccc(-c3nc(-c4ccccc4)nc(-c4ccc5c(c4)C4(c6ccccc6O5)c5ccccc5-c5ccccc54)n3)c2)c1. The van der Waals surface area contributed by atoms with Crippen LogP contribution in [0.5, 0.6) is 11.5 Å². The van der Waals surface area contributed by atoms with Crippen molar-refractivity contribution in [3.05, 3.63) is 198 Å². The Morgan fingerprint density at radius 3 is 1.63 bits per heavy atom. The van der Waals surface area contributed by atoms with Crippen LogP contribution in [0.1, 0.15) is 27.8 Å². The first kappa shape index (κ1) is 29.7. The predicted molar refractivity (Wildman–Crippen MR) is 204 cm³/mol. The summed E-state index contributed by atoms with van der Waals surface area (Å²) in [6.07, 6.45) is 0. The Kier molecular flexibility index (Phi) is 6.70. The van der Waals surface area contributed by atoms with Gasteiger partial charge in [-0.2, -0.15) is 5.26 Å². The van der Waals surface area contributed by atoms with Crippen LogP contribution in [0, 0.1) is 11.3 Å². The van der Waals surface area contributed by atoms with Gasteiger partial charge in [0.25, 0.3) is 0 Å². The molecule has 0 bridgehead atoms. The summed E-state index contributed by atoms with van der Waals surface area (Å²) in [5.41, 5.74) is 11.6. The van der Waals surface area contributed by atoms with Gasteiger partial charge in [0, 0.05) is 27.8 Å². The van der Waals surface area contributed by atoms with Crippen molar-refractivity contribution in [2.45, 2.75) is 5.41 Å². The highest BCUT2D eigenvalue weighted by molar-refractivity contribution is 5.89. The summed E-state index contributed by atoms with van der Waals surface area (Å²) in [6, 6.07) is 60.2. The van der Waals surface area contributed by atoms with E-state index >= 15 is 0 Å². The van der Waals surface area contributed by atoms with Gasteiger partial charge in [-0.15, -0.1) is 0 Å². The Morgan fingerprint density at radius 1 is 0.404 bits per heavy atom. The second-order valence-electron chi connectivity index (χ2n) is 13.1. The van der Waals surface area contributed by atoms with Crippen LogP contribution in [-0.2, 0) is 5.41 Å². The lowest BCUT2D eigenvalue weighted by molar-refractivity contribution is 0.436. The monoisotopic (exact) mass is 664 g/mol. The van der Waals surface area contributed by atoms with E-state index in [2.05, 4.69) is 91.0 Å². The van der Waals surface area contributed by atoms with Gasteiger partial charge in [0.1, 0.15) is 11.5 Å². The Bertz CT molecular complexity index is 2700. The Labute approximate surface area is 301 Å². The smallest absolute Gasteiger partial charge is 0.164 e. The number of ether oxygens (including phenoxy) is 1. The summed E-state index contributed by atoms with van der Waals surface area (Å²) >= 11 is 0. The zero-order valence-corrected chi connectivity index (χ0v) is 27.9. The number of nitriles is 1. The van der Waals surface area contributed by atoms with Crippen molar-refractivity contribution in [1.82, 2.24) is 15.0 Å². The molecule has 0 saturated carbocycles. The van der Waals surface area contributed by atoms with Gasteiger partial charge in [0.05, 0.1) is 17.0 Å². The fraction of sp³-hybridized carbons (Fsp3) is 0.0213. The molecule has 2 heterocycles. The van der Waals surface area contributed by atoms with E-state index in [1.54, 1.807) is 0 Å². The van der Waals surface area contributed by atoms with Gasteiger partial charge in [-0.25, -0.2) is 15.0 Å². The molecule has 0 fully saturated rings. The molecule has 0 N–H and O–H groups in total. The van der Waals surface area contributed by atoms with Crippen LogP contribution in [0.4, 0.5) is 0 Å². The van der Waals surface area contributed by atoms with Crippen LogP contribution in [0.25, 0.3) is 56.4 Å². The molecular weight excluding hydrogens is 637 g/mol. The summed E-state index contributed by atoms with van der Waals surface area (Å²) in [7, 11) is 0. The minimum atomic E-state index is -0.599. The van der Waals surface area contributed by atoms with Crippen molar-refractivity contribution in [3.8, 4) is 74.0 Å². The molecule has 7 aromatic carbocycles. The van der Waals surface area contributed by atoms with Crippen molar-refractivity contribution in [2.24, 2.45) is 0 Å². The molecule has 1 aromatic heterocycles. The molecule has 5 heteroatoms. The van der Waals surface area contributed by atoms with Gasteiger partial charge >= 0.3 is 0 Å². The molecule has 0 radical (unpaired) electrons. The summed E-state index contributed by atoms with van der Waals surface area (Å²) in [5.74, 6) is 3.37. The Balaban J connectivity index is 1.19. The number of benzene rings is 7. The van der Waals surface area contributed by atoms with Gasteiger partial charge in [-0.1, -0.05) is 127 Å². The number of rotatable bonds is 4. The van der Waals surface area contributed by atoms with Crippen molar-refractivity contribution in [1.29, 1.82) is 5.26 Å². The van der Waals surface area contributed by atoms with Crippen LogP contribution in [0.2, 0.25) is 0 Å². The quantitative estimate of drug-likeness (QED) is 0.187. The molecule has 8 aromatic rings. The fourth-order valence-electron chi connectivity index (χ4n) is 7.95. The molecule has 0 amide bonds. The Morgan fingerprint density at radius 2 is 0.923 bits per heavy atom. The topological polar surface area (TPSA) is 71.7 Å². The maximum atomic E-state index is 9.52. The van der Waals surface area contributed by atoms with E-state index in [4.69, 9.17) is 19.7 Å². The average Bonchev–Trinajstić information content (AvgIpc) is 3.52. The maximum absolute atomic E-state index is 9.52. The molecule has 1 spiro atoms. The summed E-state index contributed by atoms with van der Waals surface area (Å²) in [5, 5.41) is 9.52. The molecular formula is C47H28N4O. The van der Waals surface area contributed by atoms with E-state index in [1.165, 1.54) is 22.3 Å². The number of hydrogen-bond acceptors (Lipinski definition) is 5. The van der Waals surface area contributed by atoms with Crippen molar-refractivity contribution < 1.29 is 4.74 Å². The number of fused-ring (bicyclic) bond motifs is 9. The predicted octanol–water partition coefficient (Wildman–Crippen LogP) is 10.9. The fourth-order valence-corrected chi connectivity index (χ4v) is 7.95. The normalized spacial score (nSPS) is 12.9. The maximum Gasteiger partial charge on any atom is 0.164 e. The molecule has 0 atom stereocenters. The van der Waals surface area contributed by atoms with Gasteiger partial charge < -0.3 is 4.74 Å². The lowest BCUT2D eigenvalue weighted by Gasteiger charge is -2.39. The summed E-state index contributed by atoms with van der Waals surface area (Å²) in [4.78, 5) is 15.3. The van der Waals surface area contributed by atoms with E-state index in [0.717, 1.165) is 50.4 Å². The second kappa shape index (κ2) is 11.7. The molecule has 0 unspecified atom stereocenters. The third-order valence-electron chi connectivity index (χ3n) is 10.2. The first-order valence-electron chi connectivity index (χ1n) is 17.2. The third kappa shape index (κ3) is 4.52. The van der Waals surface area contributed by atoms with E-state index in [0.29, 0.717) is 23.0 Å². The lowest BCUT2D eigenvalue weighted by Crippen LogP contribution is -2.32. The lowest BCUT2D eigenvalue weighted by atomic mass is 9.66. The minimum absolute atomic E-state index is 0.563. The molecule has 10 rings (SSSR count). The van der Waals surface area contributed by atoms with E-state index in [-0.39, 0.29) is 0 Å². The highest BCUT2D eigenvalue weighted by Crippen LogP contribution is 2.62. The zero-order valence-electron chi connectivity index (χ0n) is 27.9.